The number of rotatable bonds is 5. The minimum atomic E-state index is -0.0783. The van der Waals surface area contributed by atoms with Gasteiger partial charge in [-0.1, -0.05) is 0 Å². The molecule has 0 bridgehead atoms. The molecule has 2 N–H and O–H groups in total. The Balaban J connectivity index is 1.95. The highest BCUT2D eigenvalue weighted by molar-refractivity contribution is 5.81. The molecule has 2 rings (SSSR count). The molecule has 4 heteroatoms. The number of nitrogens with one attached hydrogen (secondary N) is 2. The van der Waals surface area contributed by atoms with Gasteiger partial charge in [-0.25, -0.2) is 0 Å². The van der Waals surface area contributed by atoms with Crippen molar-refractivity contribution in [2.24, 2.45) is 0 Å². The Labute approximate surface area is 101 Å². The third-order valence-corrected chi connectivity index (χ3v) is 3.05. The molecule has 0 saturated heterocycles. The van der Waals surface area contributed by atoms with Crippen molar-refractivity contribution in [2.45, 2.75) is 25.9 Å². The smallest absolute Gasteiger partial charge is 0.0670 e. The van der Waals surface area contributed by atoms with E-state index >= 15 is 0 Å². The highest BCUT2D eigenvalue weighted by Crippen LogP contribution is 2.18. The van der Waals surface area contributed by atoms with E-state index in [0.29, 0.717) is 0 Å². The van der Waals surface area contributed by atoms with Crippen LogP contribution in [0, 0.1) is 0 Å². The normalized spacial score (nSPS) is 11.9. The fourth-order valence-corrected chi connectivity index (χ4v) is 1.66. The first-order chi connectivity index (χ1) is 8.11. The predicted octanol–water partition coefficient (Wildman–Crippen LogP) is 2.79. The molecule has 0 spiro atoms. The fraction of sp³-hybridized carbons (Fsp3) is 0.462. The van der Waals surface area contributed by atoms with Crippen LogP contribution in [0.2, 0.25) is 0 Å². The number of H-pyrrole nitrogens is 1. The third kappa shape index (κ3) is 2.97. The molecule has 4 nitrogen and oxygen atoms in total. The second-order valence-corrected chi connectivity index (χ2v) is 4.81. The van der Waals surface area contributed by atoms with Crippen LogP contribution in [0.15, 0.2) is 24.4 Å². The number of methoxy groups -OCH3 is 1. The summed E-state index contributed by atoms with van der Waals surface area (Å²) in [5.74, 6) is 0. The number of anilines is 1. The molecule has 2 aromatic rings. The van der Waals surface area contributed by atoms with Crippen molar-refractivity contribution in [2.75, 3.05) is 19.0 Å². The van der Waals surface area contributed by atoms with E-state index < -0.39 is 0 Å². The topological polar surface area (TPSA) is 49.9 Å². The van der Waals surface area contributed by atoms with Crippen LogP contribution < -0.4 is 5.32 Å². The Morgan fingerprint density at radius 2 is 2.24 bits per heavy atom. The molecule has 0 saturated carbocycles. The summed E-state index contributed by atoms with van der Waals surface area (Å²) in [5, 5.41) is 11.5. The fourth-order valence-electron chi connectivity index (χ4n) is 1.66. The maximum Gasteiger partial charge on any atom is 0.0670 e. The van der Waals surface area contributed by atoms with Gasteiger partial charge in [-0.05, 0) is 38.5 Å². The maximum absolute atomic E-state index is 5.38. The van der Waals surface area contributed by atoms with Crippen LogP contribution in [0.3, 0.4) is 0 Å². The minimum Gasteiger partial charge on any atom is -0.385 e. The first kappa shape index (κ1) is 11.9. The van der Waals surface area contributed by atoms with Crippen LogP contribution >= 0.6 is 0 Å². The lowest BCUT2D eigenvalue weighted by Crippen LogP contribution is -2.25. The van der Waals surface area contributed by atoms with Crippen molar-refractivity contribution in [3.05, 3.63) is 24.4 Å². The number of hydrogen-bond donors (Lipinski definition) is 2. The monoisotopic (exact) mass is 233 g/mol. The molecular weight excluding hydrogens is 214 g/mol. The van der Waals surface area contributed by atoms with Crippen molar-refractivity contribution < 1.29 is 4.74 Å². The average Bonchev–Trinajstić information content (AvgIpc) is 2.76. The zero-order chi connectivity index (χ0) is 12.3. The molecule has 0 atom stereocenters. The van der Waals surface area contributed by atoms with E-state index in [1.807, 2.05) is 6.20 Å². The summed E-state index contributed by atoms with van der Waals surface area (Å²) in [7, 11) is 1.75. The van der Waals surface area contributed by atoms with Crippen molar-refractivity contribution in [3.8, 4) is 0 Å². The largest absolute Gasteiger partial charge is 0.385 e. The standard InChI is InChI=1S/C13H19N3O/c1-13(2,17-3)6-7-14-11-5-4-10-9-15-16-12(10)8-11/h4-5,8-9,14H,6-7H2,1-3H3,(H,15,16). The number of fused-ring (bicyclic) bond motifs is 1. The van der Waals surface area contributed by atoms with Gasteiger partial charge in [-0.2, -0.15) is 5.10 Å². The SMILES string of the molecule is COC(C)(C)CCNc1ccc2cn[nH]c2c1. The minimum absolute atomic E-state index is 0.0783. The zero-order valence-electron chi connectivity index (χ0n) is 10.6. The highest BCUT2D eigenvalue weighted by atomic mass is 16.5. The molecular formula is C13H19N3O. The van der Waals surface area contributed by atoms with E-state index in [4.69, 9.17) is 4.74 Å². The van der Waals surface area contributed by atoms with E-state index in [1.54, 1.807) is 7.11 Å². The number of aromatic amines is 1. The number of aromatic nitrogens is 2. The highest BCUT2D eigenvalue weighted by Gasteiger charge is 2.15. The molecule has 1 aromatic heterocycles. The summed E-state index contributed by atoms with van der Waals surface area (Å²) in [6.45, 7) is 5.07. The van der Waals surface area contributed by atoms with Crippen LogP contribution in [-0.4, -0.2) is 29.5 Å². The summed E-state index contributed by atoms with van der Waals surface area (Å²) in [6, 6.07) is 6.20. The maximum atomic E-state index is 5.38. The molecule has 92 valence electrons. The quantitative estimate of drug-likeness (QED) is 0.835. The van der Waals surface area contributed by atoms with Gasteiger partial charge >= 0.3 is 0 Å². The Morgan fingerprint density at radius 3 is 3.00 bits per heavy atom. The summed E-state index contributed by atoms with van der Waals surface area (Å²) in [5.41, 5.74) is 2.08. The molecule has 0 unspecified atom stereocenters. The van der Waals surface area contributed by atoms with Crippen molar-refractivity contribution in [3.63, 3.8) is 0 Å². The number of benzene rings is 1. The molecule has 0 amide bonds. The van der Waals surface area contributed by atoms with Crippen molar-refractivity contribution in [1.29, 1.82) is 0 Å². The van der Waals surface area contributed by atoms with E-state index in [1.165, 1.54) is 0 Å². The summed E-state index contributed by atoms with van der Waals surface area (Å²) in [4.78, 5) is 0. The van der Waals surface area contributed by atoms with Crippen molar-refractivity contribution in [1.82, 2.24) is 10.2 Å². The van der Waals surface area contributed by atoms with E-state index in [2.05, 4.69) is 47.6 Å². The van der Waals surface area contributed by atoms with Crippen LogP contribution in [0.4, 0.5) is 5.69 Å². The van der Waals surface area contributed by atoms with Gasteiger partial charge in [0.05, 0.1) is 17.3 Å². The van der Waals surface area contributed by atoms with Crippen molar-refractivity contribution >= 4 is 16.6 Å². The van der Waals surface area contributed by atoms with Gasteiger partial charge in [0.15, 0.2) is 0 Å². The average molecular weight is 233 g/mol. The van der Waals surface area contributed by atoms with E-state index in [9.17, 15) is 0 Å². The van der Waals surface area contributed by atoms with Gasteiger partial charge in [-0.3, -0.25) is 5.10 Å². The Kier molecular flexibility index (Phi) is 3.33. The molecule has 0 aliphatic carbocycles. The van der Waals surface area contributed by atoms with Crippen LogP contribution in [0.5, 0.6) is 0 Å². The summed E-state index contributed by atoms with van der Waals surface area (Å²) >= 11 is 0. The number of ether oxygens (including phenoxy) is 1. The first-order valence-corrected chi connectivity index (χ1v) is 5.83. The van der Waals surface area contributed by atoms with Gasteiger partial charge in [0.1, 0.15) is 0 Å². The van der Waals surface area contributed by atoms with Crippen LogP contribution in [0.1, 0.15) is 20.3 Å². The van der Waals surface area contributed by atoms with E-state index in [-0.39, 0.29) is 5.60 Å². The van der Waals surface area contributed by atoms with Gasteiger partial charge in [0.25, 0.3) is 0 Å². The molecule has 1 heterocycles. The second kappa shape index (κ2) is 4.75. The van der Waals surface area contributed by atoms with E-state index in [0.717, 1.165) is 29.6 Å². The second-order valence-electron chi connectivity index (χ2n) is 4.81. The number of hydrogen-bond acceptors (Lipinski definition) is 3. The molecule has 0 fully saturated rings. The van der Waals surface area contributed by atoms with Gasteiger partial charge in [0.2, 0.25) is 0 Å². The Bertz CT molecular complexity index is 490. The molecule has 0 aliphatic heterocycles. The number of nitrogens with zero attached hydrogens (tertiary/aromatic N) is 1. The van der Waals surface area contributed by atoms with Gasteiger partial charge in [-0.15, -0.1) is 0 Å². The molecule has 0 aliphatic rings. The van der Waals surface area contributed by atoms with Gasteiger partial charge < -0.3 is 10.1 Å². The lowest BCUT2D eigenvalue weighted by Gasteiger charge is -2.23. The summed E-state index contributed by atoms with van der Waals surface area (Å²) < 4.78 is 5.38. The molecule has 0 radical (unpaired) electrons. The first-order valence-electron chi connectivity index (χ1n) is 5.83. The zero-order valence-corrected chi connectivity index (χ0v) is 10.6. The molecule has 1 aromatic carbocycles. The predicted molar refractivity (Wildman–Crippen MR) is 70.3 cm³/mol. The Morgan fingerprint density at radius 1 is 1.41 bits per heavy atom. The third-order valence-electron chi connectivity index (χ3n) is 3.05. The molecule has 17 heavy (non-hydrogen) atoms. The lowest BCUT2D eigenvalue weighted by molar-refractivity contribution is 0.0185. The summed E-state index contributed by atoms with van der Waals surface area (Å²) in [6.07, 6.45) is 2.79. The lowest BCUT2D eigenvalue weighted by atomic mass is 10.1. The van der Waals surface area contributed by atoms with Crippen LogP contribution in [-0.2, 0) is 4.74 Å². The Hall–Kier alpha value is -1.55. The van der Waals surface area contributed by atoms with Crippen LogP contribution in [0.25, 0.3) is 10.9 Å². The van der Waals surface area contributed by atoms with Gasteiger partial charge in [0, 0.05) is 24.7 Å².